The first-order valence-electron chi connectivity index (χ1n) is 10.1. The Labute approximate surface area is 198 Å². The maximum Gasteiger partial charge on any atom is 0.466 e. The van der Waals surface area contributed by atoms with Crippen LogP contribution in [-0.2, 0) is 18.8 Å². The summed E-state index contributed by atoms with van der Waals surface area (Å²) in [6, 6.07) is 3.78. The van der Waals surface area contributed by atoms with Crippen LogP contribution >= 0.6 is 31.9 Å². The summed E-state index contributed by atoms with van der Waals surface area (Å²) in [5.74, 6) is 0.653. The number of halogens is 2. The number of rotatable bonds is 3. The van der Waals surface area contributed by atoms with E-state index in [0.29, 0.717) is 17.2 Å². The molecule has 0 radical (unpaired) electrons. The van der Waals surface area contributed by atoms with Crippen molar-refractivity contribution >= 4 is 44.9 Å². The Morgan fingerprint density at radius 3 is 2.45 bits per heavy atom. The van der Waals surface area contributed by atoms with Gasteiger partial charge in [-0.05, 0) is 51.5 Å². The third-order valence-electron chi connectivity index (χ3n) is 6.98. The van der Waals surface area contributed by atoms with Gasteiger partial charge < -0.3 is 28.3 Å². The molecule has 0 amide bonds. The van der Waals surface area contributed by atoms with Crippen molar-refractivity contribution in [2.75, 3.05) is 13.9 Å². The molecule has 5 aliphatic rings. The monoisotopic (exact) mass is 556 g/mol. The van der Waals surface area contributed by atoms with Crippen molar-refractivity contribution in [3.05, 3.63) is 28.3 Å². The normalized spacial score (nSPS) is 34.5. The predicted molar refractivity (Wildman–Crippen MR) is 120 cm³/mol. The van der Waals surface area contributed by atoms with Gasteiger partial charge >= 0.3 is 13.1 Å². The van der Waals surface area contributed by atoms with Crippen molar-refractivity contribution in [2.45, 2.75) is 61.1 Å². The van der Waals surface area contributed by atoms with E-state index in [1.165, 1.54) is 0 Å². The fourth-order valence-corrected chi connectivity index (χ4v) is 6.65. The SMILES string of the molecule is COc1cc(C2C(B3OC(C)(C)C(C)(C)O3)C3OC(=O)C2(Br)C=C3Br)cc2c1OCO2. The summed E-state index contributed by atoms with van der Waals surface area (Å²) in [5, 5.41) is 0. The number of esters is 1. The fourth-order valence-electron chi connectivity index (χ4n) is 4.68. The lowest BCUT2D eigenvalue weighted by Crippen LogP contribution is -2.58. The van der Waals surface area contributed by atoms with Gasteiger partial charge in [-0.3, -0.25) is 4.79 Å². The summed E-state index contributed by atoms with van der Waals surface area (Å²) in [7, 11) is 0.983. The molecule has 0 saturated carbocycles. The van der Waals surface area contributed by atoms with E-state index in [2.05, 4.69) is 31.9 Å². The number of hydrogen-bond acceptors (Lipinski definition) is 7. The van der Waals surface area contributed by atoms with Crippen LogP contribution in [0.5, 0.6) is 17.2 Å². The van der Waals surface area contributed by atoms with Crippen molar-refractivity contribution in [2.24, 2.45) is 0 Å². The number of carbonyl (C=O) groups excluding carboxylic acids is 1. The number of carbonyl (C=O) groups is 1. The molecule has 2 fully saturated rings. The molecule has 4 unspecified atom stereocenters. The summed E-state index contributed by atoms with van der Waals surface area (Å²) in [6.45, 7) is 8.15. The van der Waals surface area contributed by atoms with Crippen molar-refractivity contribution < 1.29 is 33.1 Å². The molecule has 1 aliphatic carbocycles. The number of hydrogen-bond donors (Lipinski definition) is 0. The van der Waals surface area contributed by atoms with Gasteiger partial charge in [-0.2, -0.15) is 0 Å². The van der Waals surface area contributed by atoms with Gasteiger partial charge in [-0.15, -0.1) is 0 Å². The number of alkyl halides is 1. The fraction of sp³-hybridized carbons (Fsp3) is 0.571. The highest BCUT2D eigenvalue weighted by atomic mass is 79.9. The summed E-state index contributed by atoms with van der Waals surface area (Å²) in [5.41, 5.74) is -0.202. The van der Waals surface area contributed by atoms with Crippen LogP contribution in [0.25, 0.3) is 0 Å². The molecule has 4 aliphatic heterocycles. The molecule has 0 N–H and O–H groups in total. The van der Waals surface area contributed by atoms with E-state index >= 15 is 0 Å². The Morgan fingerprint density at radius 2 is 1.81 bits per heavy atom. The lowest BCUT2D eigenvalue weighted by molar-refractivity contribution is -0.156. The zero-order valence-electron chi connectivity index (χ0n) is 17.9. The van der Waals surface area contributed by atoms with Gasteiger partial charge in [0.1, 0.15) is 10.4 Å². The van der Waals surface area contributed by atoms with Gasteiger partial charge in [0.25, 0.3) is 0 Å². The van der Waals surface area contributed by atoms with E-state index in [-0.39, 0.29) is 24.5 Å². The Kier molecular flexibility index (Phi) is 4.80. The molecule has 7 nitrogen and oxygen atoms in total. The standard InChI is InChI=1S/C21H23BBr2O7/c1-19(2)20(3,4)31-22(30-19)15-14(21(24)8-11(23)16(15)29-18(21)25)10-6-12(26-5)17-13(7-10)27-9-28-17/h6-8,14-16H,9H2,1-5H3. The highest BCUT2D eigenvalue weighted by Crippen LogP contribution is 2.61. The van der Waals surface area contributed by atoms with Crippen molar-refractivity contribution in [3.8, 4) is 17.2 Å². The molecule has 2 bridgehead atoms. The van der Waals surface area contributed by atoms with E-state index in [4.69, 9.17) is 28.3 Å². The van der Waals surface area contributed by atoms with Crippen LogP contribution in [0.2, 0.25) is 5.82 Å². The second kappa shape index (κ2) is 6.89. The van der Waals surface area contributed by atoms with E-state index < -0.39 is 28.7 Å². The largest absolute Gasteiger partial charge is 0.493 e. The van der Waals surface area contributed by atoms with Gasteiger partial charge in [0.05, 0.1) is 18.3 Å². The minimum Gasteiger partial charge on any atom is -0.493 e. The van der Waals surface area contributed by atoms with Crippen LogP contribution < -0.4 is 14.2 Å². The van der Waals surface area contributed by atoms with Gasteiger partial charge in [0.2, 0.25) is 12.5 Å². The second-order valence-electron chi connectivity index (χ2n) is 9.26. The lowest BCUT2D eigenvalue weighted by Gasteiger charge is -2.50. The highest BCUT2D eigenvalue weighted by Gasteiger charge is 2.67. The molecule has 1 aromatic carbocycles. The molecule has 4 atom stereocenters. The molecular weight excluding hydrogens is 535 g/mol. The molecule has 2 saturated heterocycles. The molecular formula is C21H23BBr2O7. The predicted octanol–water partition coefficient (Wildman–Crippen LogP) is 4.32. The number of methoxy groups -OCH3 is 1. The zero-order chi connectivity index (χ0) is 22.3. The van der Waals surface area contributed by atoms with Crippen molar-refractivity contribution in [1.29, 1.82) is 0 Å². The van der Waals surface area contributed by atoms with Crippen LogP contribution in [-0.4, -0.2) is 48.6 Å². The van der Waals surface area contributed by atoms with Crippen LogP contribution in [0, 0.1) is 0 Å². The summed E-state index contributed by atoms with van der Waals surface area (Å²) in [6.07, 6.45) is 1.33. The number of fused-ring (bicyclic) bond motifs is 3. The summed E-state index contributed by atoms with van der Waals surface area (Å²) in [4.78, 5) is 13.0. The Balaban J connectivity index is 1.66. The van der Waals surface area contributed by atoms with Crippen LogP contribution in [0.3, 0.4) is 0 Å². The smallest absolute Gasteiger partial charge is 0.466 e. The highest BCUT2D eigenvalue weighted by molar-refractivity contribution is 9.12. The van der Waals surface area contributed by atoms with Gasteiger partial charge in [0.15, 0.2) is 11.5 Å². The molecule has 0 spiro atoms. The lowest BCUT2D eigenvalue weighted by atomic mass is 9.54. The first-order chi connectivity index (χ1) is 14.5. The summed E-state index contributed by atoms with van der Waals surface area (Å²) < 4.78 is 35.1. The minimum absolute atomic E-state index is 0.121. The average Bonchev–Trinajstić information content (AvgIpc) is 3.23. The molecule has 4 heterocycles. The zero-order valence-corrected chi connectivity index (χ0v) is 21.0. The topological polar surface area (TPSA) is 72.5 Å². The van der Waals surface area contributed by atoms with Crippen LogP contribution in [0.15, 0.2) is 22.7 Å². The molecule has 10 heteroatoms. The van der Waals surface area contributed by atoms with Crippen LogP contribution in [0.4, 0.5) is 0 Å². The van der Waals surface area contributed by atoms with E-state index in [0.717, 1.165) is 10.0 Å². The third-order valence-corrected chi connectivity index (χ3v) is 8.71. The molecule has 1 aromatic rings. The minimum atomic E-state index is -1.10. The maximum absolute atomic E-state index is 13.0. The first-order valence-corrected chi connectivity index (χ1v) is 11.7. The first kappa shape index (κ1) is 21.6. The molecule has 166 valence electrons. The third kappa shape index (κ3) is 3.01. The van der Waals surface area contributed by atoms with E-state index in [1.54, 1.807) is 7.11 Å². The van der Waals surface area contributed by atoms with Crippen molar-refractivity contribution in [3.63, 3.8) is 0 Å². The number of benzene rings is 1. The van der Waals surface area contributed by atoms with Gasteiger partial charge in [-0.25, -0.2) is 0 Å². The number of ether oxygens (including phenoxy) is 4. The van der Waals surface area contributed by atoms with Crippen LogP contribution in [0.1, 0.15) is 39.2 Å². The van der Waals surface area contributed by atoms with E-state index in [1.807, 2.05) is 45.9 Å². The average molecular weight is 558 g/mol. The Bertz CT molecular complexity index is 978. The second-order valence-corrected chi connectivity index (χ2v) is 11.5. The van der Waals surface area contributed by atoms with Gasteiger partial charge in [-0.1, -0.05) is 31.9 Å². The Hall–Kier alpha value is -1.23. The van der Waals surface area contributed by atoms with E-state index in [9.17, 15) is 4.79 Å². The molecule has 31 heavy (non-hydrogen) atoms. The maximum atomic E-state index is 13.0. The Morgan fingerprint density at radius 1 is 1.13 bits per heavy atom. The quantitative estimate of drug-likeness (QED) is 0.311. The molecule has 0 aromatic heterocycles. The van der Waals surface area contributed by atoms with Crippen molar-refractivity contribution in [1.82, 2.24) is 0 Å². The molecule has 6 rings (SSSR count). The van der Waals surface area contributed by atoms with Gasteiger partial charge in [0, 0.05) is 16.2 Å². The summed E-state index contributed by atoms with van der Waals surface area (Å²) >= 11 is 7.31.